The zero-order valence-corrected chi connectivity index (χ0v) is 13.3. The van der Waals surface area contributed by atoms with Crippen LogP contribution in [0.1, 0.15) is 12.5 Å². The molecule has 8 heteroatoms. The van der Waals surface area contributed by atoms with E-state index >= 15 is 0 Å². The third-order valence-corrected chi connectivity index (χ3v) is 5.66. The van der Waals surface area contributed by atoms with Gasteiger partial charge in [0.15, 0.2) is 9.84 Å². The molecule has 0 aliphatic carbocycles. The van der Waals surface area contributed by atoms with Gasteiger partial charge in [-0.3, -0.25) is 0 Å². The number of benzene rings is 1. The molecule has 1 aromatic carbocycles. The number of aromatic nitrogens is 2. The largest absolute Gasteiger partial charge is 0.384 e. The van der Waals surface area contributed by atoms with Crippen LogP contribution in [0, 0.1) is 0 Å². The smallest absolute Gasteiger partial charge is 0.152 e. The van der Waals surface area contributed by atoms with E-state index in [2.05, 4.69) is 5.10 Å². The lowest BCUT2D eigenvalue weighted by molar-refractivity contribution is 0.508. The van der Waals surface area contributed by atoms with Crippen LogP contribution in [0.4, 0.5) is 5.82 Å². The van der Waals surface area contributed by atoms with Crippen LogP contribution in [0.25, 0.3) is 11.3 Å². The van der Waals surface area contributed by atoms with Gasteiger partial charge in [-0.1, -0.05) is 23.2 Å². The van der Waals surface area contributed by atoms with Crippen LogP contribution in [0.2, 0.25) is 10.0 Å². The molecule has 0 radical (unpaired) electrons. The topological polar surface area (TPSA) is 78.0 Å². The average Bonchev–Trinajstić information content (AvgIpc) is 2.91. The van der Waals surface area contributed by atoms with Crippen molar-refractivity contribution in [1.29, 1.82) is 0 Å². The highest BCUT2D eigenvalue weighted by molar-refractivity contribution is 7.91. The van der Waals surface area contributed by atoms with Gasteiger partial charge in [-0.2, -0.15) is 5.10 Å². The molecule has 1 atom stereocenters. The summed E-state index contributed by atoms with van der Waals surface area (Å²) in [6.07, 6.45) is 0.532. The molecule has 2 heterocycles. The third-order valence-electron chi connectivity index (χ3n) is 3.48. The molecular weight excluding hydrogens is 333 g/mol. The van der Waals surface area contributed by atoms with Crippen LogP contribution in [-0.2, 0) is 9.84 Å². The number of rotatable bonds is 2. The molecule has 0 saturated carbocycles. The molecule has 0 amide bonds. The summed E-state index contributed by atoms with van der Waals surface area (Å²) in [5, 5.41) is 5.44. The van der Waals surface area contributed by atoms with Crippen LogP contribution in [0.15, 0.2) is 24.3 Å². The van der Waals surface area contributed by atoms with Crippen molar-refractivity contribution >= 4 is 38.9 Å². The Hall–Kier alpha value is -1.24. The maximum Gasteiger partial charge on any atom is 0.152 e. The summed E-state index contributed by atoms with van der Waals surface area (Å²) in [6.45, 7) is 0. The summed E-state index contributed by atoms with van der Waals surface area (Å²) in [4.78, 5) is 0. The SMILES string of the molecule is Nc1cc(-c2cc(Cl)cc(Cl)c2)nn1C1CCS(=O)(=O)C1. The molecule has 1 aromatic heterocycles. The Kier molecular flexibility index (Phi) is 3.63. The van der Waals surface area contributed by atoms with Crippen molar-refractivity contribution < 1.29 is 8.42 Å². The van der Waals surface area contributed by atoms with E-state index in [1.165, 1.54) is 0 Å². The Balaban J connectivity index is 1.98. The van der Waals surface area contributed by atoms with E-state index < -0.39 is 9.84 Å². The Bertz CT molecular complexity index is 781. The third kappa shape index (κ3) is 3.02. The standard InChI is InChI=1S/C13H13Cl2N3O2S/c14-9-3-8(4-10(15)5-9)12-6-13(16)18(17-12)11-1-2-21(19,20)7-11/h3-6,11H,1-2,7,16H2. The maximum absolute atomic E-state index is 11.6. The molecule has 1 saturated heterocycles. The molecule has 0 spiro atoms. The highest BCUT2D eigenvalue weighted by atomic mass is 35.5. The molecule has 1 fully saturated rings. The lowest BCUT2D eigenvalue weighted by atomic mass is 10.1. The summed E-state index contributed by atoms with van der Waals surface area (Å²) in [7, 11) is -2.99. The van der Waals surface area contributed by atoms with Gasteiger partial charge in [-0.25, -0.2) is 13.1 Å². The molecule has 2 N–H and O–H groups in total. The van der Waals surface area contributed by atoms with Crippen LogP contribution < -0.4 is 5.73 Å². The van der Waals surface area contributed by atoms with Gasteiger partial charge >= 0.3 is 0 Å². The van der Waals surface area contributed by atoms with Gasteiger partial charge in [0.05, 0.1) is 23.2 Å². The molecule has 3 rings (SSSR count). The number of nitrogens with two attached hydrogens (primary N) is 1. The normalized spacial score (nSPS) is 20.8. The predicted octanol–water partition coefficient (Wildman–Crippen LogP) is 2.80. The van der Waals surface area contributed by atoms with Crippen molar-refractivity contribution in [3.8, 4) is 11.3 Å². The second-order valence-corrected chi connectivity index (χ2v) is 8.22. The molecule has 112 valence electrons. The lowest BCUT2D eigenvalue weighted by Crippen LogP contribution is -2.14. The van der Waals surface area contributed by atoms with Gasteiger partial charge in [0.1, 0.15) is 5.82 Å². The predicted molar refractivity (Wildman–Crippen MR) is 84.4 cm³/mol. The molecule has 2 aromatic rings. The van der Waals surface area contributed by atoms with E-state index in [-0.39, 0.29) is 17.5 Å². The fourth-order valence-electron chi connectivity index (χ4n) is 2.51. The number of hydrogen-bond acceptors (Lipinski definition) is 4. The first-order valence-corrected chi connectivity index (χ1v) is 8.94. The minimum atomic E-state index is -2.99. The van der Waals surface area contributed by atoms with Gasteiger partial charge in [-0.15, -0.1) is 0 Å². The first kappa shape index (κ1) is 14.7. The van der Waals surface area contributed by atoms with Crippen molar-refractivity contribution in [3.63, 3.8) is 0 Å². The second-order valence-electron chi connectivity index (χ2n) is 5.11. The number of sulfone groups is 1. The van der Waals surface area contributed by atoms with Crippen LogP contribution in [0.5, 0.6) is 0 Å². The molecule has 1 unspecified atom stereocenters. The van der Waals surface area contributed by atoms with E-state index in [4.69, 9.17) is 28.9 Å². The average molecular weight is 346 g/mol. The van der Waals surface area contributed by atoms with Crippen LogP contribution in [0.3, 0.4) is 0 Å². The summed E-state index contributed by atoms with van der Waals surface area (Å²) in [6, 6.07) is 6.61. The monoisotopic (exact) mass is 345 g/mol. The van der Waals surface area contributed by atoms with Gasteiger partial charge in [0, 0.05) is 21.7 Å². The van der Waals surface area contributed by atoms with Gasteiger partial charge < -0.3 is 5.73 Å². The van der Waals surface area contributed by atoms with Crippen LogP contribution >= 0.6 is 23.2 Å². The fraction of sp³-hybridized carbons (Fsp3) is 0.308. The van der Waals surface area contributed by atoms with Crippen molar-refractivity contribution in [1.82, 2.24) is 9.78 Å². The summed E-state index contributed by atoms with van der Waals surface area (Å²) in [5.41, 5.74) is 7.34. The highest BCUT2D eigenvalue weighted by Gasteiger charge is 2.31. The van der Waals surface area contributed by atoms with E-state index in [0.717, 1.165) is 5.56 Å². The van der Waals surface area contributed by atoms with Gasteiger partial charge in [-0.05, 0) is 24.6 Å². The van der Waals surface area contributed by atoms with Crippen molar-refractivity contribution in [2.75, 3.05) is 17.2 Å². The van der Waals surface area contributed by atoms with E-state index in [9.17, 15) is 8.42 Å². The zero-order chi connectivity index (χ0) is 15.2. The molecule has 0 bridgehead atoms. The molecule has 1 aliphatic heterocycles. The Morgan fingerprint density at radius 2 is 1.86 bits per heavy atom. The summed E-state index contributed by atoms with van der Waals surface area (Å²) in [5.74, 6) is 0.687. The van der Waals surface area contributed by atoms with Crippen molar-refractivity contribution in [2.24, 2.45) is 0 Å². The number of halogens is 2. The second kappa shape index (κ2) is 5.19. The Labute approximate surface area is 132 Å². The maximum atomic E-state index is 11.6. The number of anilines is 1. The zero-order valence-electron chi connectivity index (χ0n) is 11.0. The summed E-state index contributed by atoms with van der Waals surface area (Å²) < 4.78 is 24.7. The Morgan fingerprint density at radius 1 is 1.19 bits per heavy atom. The quantitative estimate of drug-likeness (QED) is 0.907. The van der Waals surface area contributed by atoms with Crippen molar-refractivity contribution in [3.05, 3.63) is 34.3 Å². The summed E-state index contributed by atoms with van der Waals surface area (Å²) >= 11 is 12.0. The van der Waals surface area contributed by atoms with E-state index in [1.54, 1.807) is 28.9 Å². The molecule has 1 aliphatic rings. The minimum Gasteiger partial charge on any atom is -0.384 e. The molecule has 5 nitrogen and oxygen atoms in total. The number of hydrogen-bond donors (Lipinski definition) is 1. The number of nitrogen functional groups attached to an aromatic ring is 1. The van der Waals surface area contributed by atoms with E-state index in [0.29, 0.717) is 28.0 Å². The number of nitrogens with zero attached hydrogens (tertiary/aromatic N) is 2. The molecular formula is C13H13Cl2N3O2S. The van der Waals surface area contributed by atoms with Crippen molar-refractivity contribution in [2.45, 2.75) is 12.5 Å². The lowest BCUT2D eigenvalue weighted by Gasteiger charge is -2.10. The van der Waals surface area contributed by atoms with Gasteiger partial charge in [0.2, 0.25) is 0 Å². The first-order chi connectivity index (χ1) is 9.84. The van der Waals surface area contributed by atoms with E-state index in [1.807, 2.05) is 0 Å². The first-order valence-electron chi connectivity index (χ1n) is 6.36. The minimum absolute atomic E-state index is 0.0780. The van der Waals surface area contributed by atoms with Gasteiger partial charge in [0.25, 0.3) is 0 Å². The Morgan fingerprint density at radius 3 is 2.43 bits per heavy atom. The van der Waals surface area contributed by atoms with Crippen LogP contribution in [-0.4, -0.2) is 29.7 Å². The fourth-order valence-corrected chi connectivity index (χ4v) is 4.73. The highest BCUT2D eigenvalue weighted by Crippen LogP contribution is 2.31. The molecule has 21 heavy (non-hydrogen) atoms.